The van der Waals surface area contributed by atoms with Gasteiger partial charge in [-0.05, 0) is 42.6 Å². The van der Waals surface area contributed by atoms with Gasteiger partial charge >= 0.3 is 0 Å². The van der Waals surface area contributed by atoms with Gasteiger partial charge in [-0.15, -0.1) is 11.3 Å². The van der Waals surface area contributed by atoms with E-state index >= 15 is 0 Å². The first-order valence-electron chi connectivity index (χ1n) is 9.41. The van der Waals surface area contributed by atoms with E-state index in [-0.39, 0.29) is 5.91 Å². The molecule has 2 heterocycles. The van der Waals surface area contributed by atoms with E-state index in [1.807, 2.05) is 25.1 Å². The van der Waals surface area contributed by atoms with Gasteiger partial charge in [0.1, 0.15) is 0 Å². The highest BCUT2D eigenvalue weighted by molar-refractivity contribution is 7.21. The number of fused-ring (bicyclic) bond motifs is 1. The number of carbonyl (C=O) groups is 1. The quantitative estimate of drug-likeness (QED) is 0.747. The summed E-state index contributed by atoms with van der Waals surface area (Å²) < 4.78 is 1.16. The third kappa shape index (κ3) is 3.70. The van der Waals surface area contributed by atoms with Crippen LogP contribution in [0.1, 0.15) is 20.8 Å². The number of anilines is 1. The lowest BCUT2D eigenvalue weighted by Crippen LogP contribution is -2.45. The molecule has 0 aliphatic carbocycles. The summed E-state index contributed by atoms with van der Waals surface area (Å²) in [6.07, 6.45) is 0. The zero-order chi connectivity index (χ0) is 18.8. The second kappa shape index (κ2) is 7.71. The van der Waals surface area contributed by atoms with Crippen molar-refractivity contribution in [2.24, 2.45) is 0 Å². The SMILES string of the molecule is Cc1c(C(=O)NCc2ccccc2N2CCN(C)CC2)sc2ccccc12. The number of hydrogen-bond donors (Lipinski definition) is 1. The summed E-state index contributed by atoms with van der Waals surface area (Å²) in [6.45, 7) is 6.78. The monoisotopic (exact) mass is 379 g/mol. The van der Waals surface area contributed by atoms with E-state index in [2.05, 4.69) is 52.5 Å². The summed E-state index contributed by atoms with van der Waals surface area (Å²) in [7, 11) is 2.16. The molecular formula is C22H25N3OS. The van der Waals surface area contributed by atoms with Crippen LogP contribution >= 0.6 is 11.3 Å². The van der Waals surface area contributed by atoms with E-state index in [0.717, 1.165) is 41.3 Å². The summed E-state index contributed by atoms with van der Waals surface area (Å²) in [4.78, 5) is 18.4. The largest absolute Gasteiger partial charge is 0.369 e. The van der Waals surface area contributed by atoms with Gasteiger partial charge in [-0.2, -0.15) is 0 Å². The number of piperazine rings is 1. The highest BCUT2D eigenvalue weighted by atomic mass is 32.1. The molecule has 0 spiro atoms. The average Bonchev–Trinajstić information content (AvgIpc) is 3.04. The molecule has 3 aromatic rings. The Morgan fingerprint density at radius 3 is 2.52 bits per heavy atom. The average molecular weight is 380 g/mol. The maximum absolute atomic E-state index is 12.8. The van der Waals surface area contributed by atoms with Crippen LogP contribution in [-0.4, -0.2) is 44.0 Å². The van der Waals surface area contributed by atoms with Gasteiger partial charge in [0.2, 0.25) is 0 Å². The lowest BCUT2D eigenvalue weighted by Gasteiger charge is -2.35. The van der Waals surface area contributed by atoms with Gasteiger partial charge < -0.3 is 15.1 Å². The lowest BCUT2D eigenvalue weighted by atomic mass is 10.1. The van der Waals surface area contributed by atoms with Crippen molar-refractivity contribution < 1.29 is 4.79 Å². The van der Waals surface area contributed by atoms with Crippen LogP contribution in [0.2, 0.25) is 0 Å². The number of rotatable bonds is 4. The first-order valence-corrected chi connectivity index (χ1v) is 10.2. The maximum atomic E-state index is 12.8. The molecule has 5 heteroatoms. The van der Waals surface area contributed by atoms with E-state index in [1.165, 1.54) is 16.6 Å². The molecule has 0 unspecified atom stereocenters. The van der Waals surface area contributed by atoms with Crippen molar-refractivity contribution >= 4 is 33.0 Å². The van der Waals surface area contributed by atoms with Crippen molar-refractivity contribution in [1.82, 2.24) is 10.2 Å². The number of amides is 1. The van der Waals surface area contributed by atoms with Crippen molar-refractivity contribution in [3.63, 3.8) is 0 Å². The summed E-state index contributed by atoms with van der Waals surface area (Å²) in [6, 6.07) is 16.6. The normalized spacial score (nSPS) is 15.3. The Kier molecular flexibility index (Phi) is 5.14. The molecule has 1 aliphatic heterocycles. The van der Waals surface area contributed by atoms with Crippen LogP contribution in [0.25, 0.3) is 10.1 Å². The molecule has 0 radical (unpaired) electrons. The highest BCUT2D eigenvalue weighted by Gasteiger charge is 2.18. The number of thiophene rings is 1. The number of hydrogen-bond acceptors (Lipinski definition) is 4. The van der Waals surface area contributed by atoms with Gasteiger partial charge in [0.25, 0.3) is 5.91 Å². The number of nitrogens with one attached hydrogen (secondary N) is 1. The van der Waals surface area contributed by atoms with Gasteiger partial charge in [-0.25, -0.2) is 0 Å². The molecule has 2 aromatic carbocycles. The Hall–Kier alpha value is -2.37. The Morgan fingerprint density at radius 2 is 1.74 bits per heavy atom. The number of aryl methyl sites for hydroxylation is 1. The third-order valence-corrected chi connectivity index (χ3v) is 6.60. The molecule has 1 amide bonds. The Morgan fingerprint density at radius 1 is 1.04 bits per heavy atom. The fraction of sp³-hybridized carbons (Fsp3) is 0.318. The molecule has 4 nitrogen and oxygen atoms in total. The lowest BCUT2D eigenvalue weighted by molar-refractivity contribution is 0.0954. The van der Waals surface area contributed by atoms with E-state index in [0.29, 0.717) is 6.54 Å². The van der Waals surface area contributed by atoms with E-state index in [1.54, 1.807) is 11.3 Å². The van der Waals surface area contributed by atoms with Crippen molar-refractivity contribution in [3.05, 3.63) is 64.5 Å². The van der Waals surface area contributed by atoms with Gasteiger partial charge in [0, 0.05) is 43.1 Å². The Balaban J connectivity index is 1.50. The van der Waals surface area contributed by atoms with Crippen LogP contribution in [0.4, 0.5) is 5.69 Å². The van der Waals surface area contributed by atoms with Crippen LogP contribution in [-0.2, 0) is 6.54 Å². The molecule has 1 saturated heterocycles. The molecule has 1 aliphatic rings. The predicted molar refractivity (Wildman–Crippen MR) is 114 cm³/mol. The summed E-state index contributed by atoms with van der Waals surface area (Å²) in [5, 5.41) is 4.31. The number of para-hydroxylation sites is 1. The standard InChI is InChI=1S/C22H25N3OS/c1-16-18-8-4-6-10-20(18)27-21(16)22(26)23-15-17-7-3-5-9-19(17)25-13-11-24(2)12-14-25/h3-10H,11-15H2,1-2H3,(H,23,26). The first kappa shape index (κ1) is 18.0. The molecular weight excluding hydrogens is 354 g/mol. The van der Waals surface area contributed by atoms with Crippen LogP contribution in [0, 0.1) is 6.92 Å². The summed E-state index contributed by atoms with van der Waals surface area (Å²) >= 11 is 1.57. The topological polar surface area (TPSA) is 35.6 Å². The van der Waals surface area contributed by atoms with Crippen molar-refractivity contribution in [2.45, 2.75) is 13.5 Å². The Bertz CT molecular complexity index is 957. The van der Waals surface area contributed by atoms with Crippen molar-refractivity contribution in [2.75, 3.05) is 38.1 Å². The molecule has 4 rings (SSSR count). The van der Waals surface area contributed by atoms with Gasteiger partial charge in [0.05, 0.1) is 4.88 Å². The molecule has 1 N–H and O–H groups in total. The molecule has 1 fully saturated rings. The van der Waals surface area contributed by atoms with Crippen LogP contribution in [0.3, 0.4) is 0 Å². The van der Waals surface area contributed by atoms with Crippen LogP contribution in [0.5, 0.6) is 0 Å². The zero-order valence-electron chi connectivity index (χ0n) is 15.9. The predicted octanol–water partition coefficient (Wildman–Crippen LogP) is 3.89. The third-order valence-electron chi connectivity index (χ3n) is 5.32. The fourth-order valence-electron chi connectivity index (χ4n) is 3.66. The maximum Gasteiger partial charge on any atom is 0.261 e. The number of carbonyl (C=O) groups excluding carboxylic acids is 1. The fourth-order valence-corrected chi connectivity index (χ4v) is 4.79. The van der Waals surface area contributed by atoms with Gasteiger partial charge in [-0.1, -0.05) is 36.4 Å². The minimum Gasteiger partial charge on any atom is -0.369 e. The van der Waals surface area contributed by atoms with Crippen LogP contribution < -0.4 is 10.2 Å². The van der Waals surface area contributed by atoms with Gasteiger partial charge in [-0.3, -0.25) is 4.79 Å². The molecule has 0 bridgehead atoms. The zero-order valence-corrected chi connectivity index (χ0v) is 16.7. The molecule has 0 saturated carbocycles. The first-order chi connectivity index (χ1) is 13.1. The number of likely N-dealkylation sites (N-methyl/N-ethyl adjacent to an activating group) is 1. The van der Waals surface area contributed by atoms with Crippen LogP contribution in [0.15, 0.2) is 48.5 Å². The smallest absolute Gasteiger partial charge is 0.261 e. The molecule has 140 valence electrons. The minimum absolute atomic E-state index is 0.0156. The highest BCUT2D eigenvalue weighted by Crippen LogP contribution is 2.30. The Labute approximate surface area is 164 Å². The summed E-state index contributed by atoms with van der Waals surface area (Å²) in [5.74, 6) is 0.0156. The van der Waals surface area contributed by atoms with Gasteiger partial charge in [0.15, 0.2) is 0 Å². The molecule has 27 heavy (non-hydrogen) atoms. The number of benzene rings is 2. The van der Waals surface area contributed by atoms with E-state index in [9.17, 15) is 4.79 Å². The summed E-state index contributed by atoms with van der Waals surface area (Å²) in [5.41, 5.74) is 3.48. The van der Waals surface area contributed by atoms with Crippen molar-refractivity contribution in [1.29, 1.82) is 0 Å². The number of nitrogens with zero attached hydrogens (tertiary/aromatic N) is 2. The second-order valence-electron chi connectivity index (χ2n) is 7.15. The second-order valence-corrected chi connectivity index (χ2v) is 8.21. The molecule has 1 aromatic heterocycles. The van der Waals surface area contributed by atoms with E-state index in [4.69, 9.17) is 0 Å². The molecule has 0 atom stereocenters. The minimum atomic E-state index is 0.0156. The van der Waals surface area contributed by atoms with Crippen molar-refractivity contribution in [3.8, 4) is 0 Å². The van der Waals surface area contributed by atoms with E-state index < -0.39 is 0 Å².